The highest BCUT2D eigenvalue weighted by Crippen LogP contribution is 2.38. The van der Waals surface area contributed by atoms with E-state index < -0.39 is 23.9 Å². The lowest BCUT2D eigenvalue weighted by molar-refractivity contribution is -0.136. The number of urea groups is 1. The molecular weight excluding hydrogens is 462 g/mol. The molecule has 1 atom stereocenters. The van der Waals surface area contributed by atoms with E-state index in [1.54, 1.807) is 37.3 Å². The van der Waals surface area contributed by atoms with Gasteiger partial charge in [-0.1, -0.05) is 29.8 Å². The van der Waals surface area contributed by atoms with Crippen LogP contribution in [0.3, 0.4) is 0 Å². The van der Waals surface area contributed by atoms with E-state index in [9.17, 15) is 14.4 Å². The highest BCUT2D eigenvalue weighted by molar-refractivity contribution is 6.31. The van der Waals surface area contributed by atoms with Crippen LogP contribution in [0.2, 0.25) is 5.02 Å². The van der Waals surface area contributed by atoms with E-state index >= 15 is 0 Å². The van der Waals surface area contributed by atoms with Crippen molar-refractivity contribution >= 4 is 35.2 Å². The van der Waals surface area contributed by atoms with E-state index in [2.05, 4.69) is 10.6 Å². The predicted octanol–water partition coefficient (Wildman–Crippen LogP) is 3.57. The number of methoxy groups -OCH3 is 1. The van der Waals surface area contributed by atoms with Gasteiger partial charge in [0.25, 0.3) is 0 Å². The molecule has 10 heteroatoms. The van der Waals surface area contributed by atoms with E-state index in [-0.39, 0.29) is 18.7 Å². The summed E-state index contributed by atoms with van der Waals surface area (Å²) in [4.78, 5) is 39.7. The van der Waals surface area contributed by atoms with Crippen molar-refractivity contribution < 1.29 is 28.6 Å². The zero-order valence-corrected chi connectivity index (χ0v) is 19.7. The largest absolute Gasteiger partial charge is 0.495 e. The van der Waals surface area contributed by atoms with Crippen LogP contribution in [0.4, 0.5) is 10.5 Å². The summed E-state index contributed by atoms with van der Waals surface area (Å²) in [6.45, 7) is 3.64. The van der Waals surface area contributed by atoms with Crippen molar-refractivity contribution in [1.82, 2.24) is 10.2 Å². The number of nitrogens with zero attached hydrogens (tertiary/aromatic N) is 1. The molecule has 2 N–H and O–H groups in total. The minimum absolute atomic E-state index is 0.106. The Morgan fingerprint density at radius 1 is 1.26 bits per heavy atom. The van der Waals surface area contributed by atoms with Crippen LogP contribution >= 0.6 is 11.6 Å². The molecule has 0 fully saturated rings. The fraction of sp³-hybridized carbons (Fsp3) is 0.292. The molecule has 2 aromatic rings. The predicted molar refractivity (Wildman–Crippen MR) is 125 cm³/mol. The van der Waals surface area contributed by atoms with Crippen molar-refractivity contribution in [3.8, 4) is 11.5 Å². The minimum Gasteiger partial charge on any atom is -0.495 e. The third-order valence-corrected chi connectivity index (χ3v) is 5.99. The number of carbonyl (C=O) groups is 3. The summed E-state index contributed by atoms with van der Waals surface area (Å²) < 4.78 is 16.2. The topological polar surface area (TPSA) is 106 Å². The molecule has 0 aromatic heterocycles. The number of benzene rings is 2. The summed E-state index contributed by atoms with van der Waals surface area (Å²) in [6, 6.07) is 9.17. The van der Waals surface area contributed by atoms with Crippen molar-refractivity contribution in [3.05, 3.63) is 63.8 Å². The number of halogens is 1. The summed E-state index contributed by atoms with van der Waals surface area (Å²) in [5, 5.41) is 6.06. The minimum atomic E-state index is -0.751. The van der Waals surface area contributed by atoms with Crippen LogP contribution in [0.5, 0.6) is 11.5 Å². The lowest BCUT2D eigenvalue weighted by atomic mass is 9.95. The summed E-state index contributed by atoms with van der Waals surface area (Å²) in [5.74, 6) is -0.0848. The van der Waals surface area contributed by atoms with E-state index in [0.717, 1.165) is 5.56 Å². The third kappa shape index (κ3) is 4.38. The van der Waals surface area contributed by atoms with Gasteiger partial charge in [-0.05, 0) is 31.5 Å². The maximum Gasteiger partial charge on any atom is 0.338 e. The van der Waals surface area contributed by atoms with E-state index in [1.807, 2.05) is 13.0 Å². The van der Waals surface area contributed by atoms with Crippen LogP contribution in [-0.4, -0.2) is 49.7 Å². The van der Waals surface area contributed by atoms with E-state index in [1.165, 1.54) is 12.0 Å². The van der Waals surface area contributed by atoms with Gasteiger partial charge in [0.1, 0.15) is 24.7 Å². The van der Waals surface area contributed by atoms with Crippen LogP contribution in [0.1, 0.15) is 24.1 Å². The molecule has 0 saturated carbocycles. The smallest absolute Gasteiger partial charge is 0.338 e. The Morgan fingerprint density at radius 2 is 2.03 bits per heavy atom. The van der Waals surface area contributed by atoms with Gasteiger partial charge in [0.15, 0.2) is 0 Å². The summed E-state index contributed by atoms with van der Waals surface area (Å²) >= 11 is 6.13. The van der Waals surface area contributed by atoms with Crippen molar-refractivity contribution in [3.63, 3.8) is 0 Å². The maximum absolute atomic E-state index is 13.1. The van der Waals surface area contributed by atoms with Crippen molar-refractivity contribution in [1.29, 1.82) is 0 Å². The molecule has 2 aliphatic heterocycles. The first-order valence-corrected chi connectivity index (χ1v) is 11.1. The number of esters is 1. The van der Waals surface area contributed by atoms with Crippen LogP contribution in [0.15, 0.2) is 47.7 Å². The van der Waals surface area contributed by atoms with Gasteiger partial charge in [-0.25, -0.2) is 9.59 Å². The molecular formula is C24H24ClN3O6. The zero-order chi connectivity index (χ0) is 24.4. The highest BCUT2D eigenvalue weighted by Gasteiger charge is 2.43. The van der Waals surface area contributed by atoms with Gasteiger partial charge >= 0.3 is 12.0 Å². The Balaban J connectivity index is 1.62. The molecule has 2 aromatic carbocycles. The molecule has 0 unspecified atom stereocenters. The lowest BCUT2D eigenvalue weighted by Gasteiger charge is -2.33. The number of cyclic esters (lactones) is 1. The molecule has 178 valence electrons. The molecule has 0 radical (unpaired) electrons. The van der Waals surface area contributed by atoms with Crippen molar-refractivity contribution in [2.75, 3.05) is 32.2 Å². The number of ether oxygens (including phenoxy) is 3. The van der Waals surface area contributed by atoms with Crippen LogP contribution in [0, 0.1) is 6.92 Å². The number of hydrogen-bond acceptors (Lipinski definition) is 6. The molecule has 0 aliphatic carbocycles. The molecule has 0 bridgehead atoms. The molecule has 4 rings (SSSR count). The first kappa shape index (κ1) is 23.4. The van der Waals surface area contributed by atoms with Gasteiger partial charge in [0.2, 0.25) is 5.91 Å². The monoisotopic (exact) mass is 485 g/mol. The average Bonchev–Trinajstić information content (AvgIpc) is 3.20. The molecule has 9 nitrogen and oxygen atoms in total. The van der Waals surface area contributed by atoms with Gasteiger partial charge in [0, 0.05) is 16.7 Å². The van der Waals surface area contributed by atoms with Crippen molar-refractivity contribution in [2.24, 2.45) is 0 Å². The summed E-state index contributed by atoms with van der Waals surface area (Å²) in [5.41, 5.74) is 2.43. The van der Waals surface area contributed by atoms with Crippen LogP contribution < -0.4 is 20.1 Å². The Labute approximate surface area is 201 Å². The number of hydrogen-bond donors (Lipinski definition) is 2. The molecule has 0 saturated heterocycles. The van der Waals surface area contributed by atoms with Crippen LogP contribution in [-0.2, 0) is 14.3 Å². The maximum atomic E-state index is 13.1. The molecule has 2 aliphatic rings. The SMILES string of the molecule is CCOc1ccccc1[C@H]1NC(=O)N(CC(=O)Nc2cc(C)c(Cl)cc2OC)C2=C1C(=O)OC2. The van der Waals surface area contributed by atoms with Crippen LogP contribution in [0.25, 0.3) is 0 Å². The number of anilines is 1. The van der Waals surface area contributed by atoms with Gasteiger partial charge < -0.3 is 24.8 Å². The Bertz CT molecular complexity index is 1200. The fourth-order valence-electron chi connectivity index (χ4n) is 3.98. The fourth-order valence-corrected chi connectivity index (χ4v) is 4.13. The Morgan fingerprint density at radius 3 is 2.76 bits per heavy atom. The van der Waals surface area contributed by atoms with Gasteiger partial charge in [-0.15, -0.1) is 0 Å². The Kier molecular flexibility index (Phi) is 6.65. The number of nitrogens with one attached hydrogen (secondary N) is 2. The van der Waals surface area contributed by atoms with Crippen molar-refractivity contribution in [2.45, 2.75) is 19.9 Å². The summed E-state index contributed by atoms with van der Waals surface area (Å²) in [7, 11) is 1.47. The zero-order valence-electron chi connectivity index (χ0n) is 18.9. The molecule has 3 amide bonds. The lowest BCUT2D eigenvalue weighted by Crippen LogP contribution is -2.49. The molecule has 34 heavy (non-hydrogen) atoms. The normalized spacial score (nSPS) is 17.2. The van der Waals surface area contributed by atoms with E-state index in [0.29, 0.717) is 40.1 Å². The van der Waals surface area contributed by atoms with Gasteiger partial charge in [-0.2, -0.15) is 0 Å². The average molecular weight is 486 g/mol. The first-order chi connectivity index (χ1) is 16.3. The van der Waals surface area contributed by atoms with Gasteiger partial charge in [-0.3, -0.25) is 9.69 Å². The van der Waals surface area contributed by atoms with Gasteiger partial charge in [0.05, 0.1) is 36.7 Å². The molecule has 0 spiro atoms. The number of carbonyl (C=O) groups excluding carboxylic acids is 3. The number of amides is 3. The second-order valence-corrected chi connectivity index (χ2v) is 8.13. The quantitative estimate of drug-likeness (QED) is 0.581. The second-order valence-electron chi connectivity index (χ2n) is 7.73. The standard InChI is InChI=1S/C24H24ClN3O6/c1-4-33-18-8-6-5-7-14(18)22-21-17(12-34-23(21)30)28(24(31)27-22)11-20(29)26-16-9-13(2)15(25)10-19(16)32-3/h5-10,22H,4,11-12H2,1-3H3,(H,26,29)(H,27,31)/t22-/m1/s1. The highest BCUT2D eigenvalue weighted by atomic mass is 35.5. The van der Waals surface area contributed by atoms with E-state index in [4.69, 9.17) is 25.8 Å². The third-order valence-electron chi connectivity index (χ3n) is 5.58. The Hall–Kier alpha value is -3.72. The molecule has 2 heterocycles. The number of aryl methyl sites for hydroxylation is 1. The number of para-hydroxylation sites is 1. The first-order valence-electron chi connectivity index (χ1n) is 10.7. The second kappa shape index (κ2) is 9.64. The number of rotatable bonds is 7. The summed E-state index contributed by atoms with van der Waals surface area (Å²) in [6.07, 6.45) is 0.